The standard InChI is InChI=1S/C16H20O4S.C16H20O2S/c17-16(20-10-13-1-2-13)9-12-5-7-15(8-6-12)21(18,19)11-14-3-4-14;17-16(18-10-13-1-2-13)9-12-5-7-15(8-6-12)19-11-14-3-4-14/h5-8,13-14H,1-4,9-11H2;5-8,13-14H,1-4,9-11H2. The van der Waals surface area contributed by atoms with E-state index in [2.05, 4.69) is 12.1 Å². The minimum absolute atomic E-state index is 0.0923. The Bertz CT molecular complexity index is 1240. The fourth-order valence-electron chi connectivity index (χ4n) is 4.13. The van der Waals surface area contributed by atoms with E-state index in [0.29, 0.717) is 42.3 Å². The van der Waals surface area contributed by atoms with Crippen LogP contribution in [-0.2, 0) is 41.7 Å². The van der Waals surface area contributed by atoms with Gasteiger partial charge < -0.3 is 9.47 Å². The molecule has 6 nitrogen and oxygen atoms in total. The van der Waals surface area contributed by atoms with Crippen molar-refractivity contribution in [3.63, 3.8) is 0 Å². The lowest BCUT2D eigenvalue weighted by molar-refractivity contribution is -0.144. The number of hydrogen-bond acceptors (Lipinski definition) is 7. The molecule has 4 aliphatic rings. The molecule has 0 aromatic heterocycles. The summed E-state index contributed by atoms with van der Waals surface area (Å²) in [7, 11) is -3.17. The van der Waals surface area contributed by atoms with Crippen molar-refractivity contribution in [2.24, 2.45) is 23.7 Å². The van der Waals surface area contributed by atoms with Gasteiger partial charge in [-0.25, -0.2) is 8.42 Å². The predicted octanol–water partition coefficient (Wildman–Crippen LogP) is 6.05. The molecule has 216 valence electrons. The molecule has 0 atom stereocenters. The van der Waals surface area contributed by atoms with Gasteiger partial charge in [-0.2, -0.15) is 0 Å². The van der Waals surface area contributed by atoms with Crippen molar-refractivity contribution in [3.8, 4) is 0 Å². The van der Waals surface area contributed by atoms with Crippen molar-refractivity contribution in [1.82, 2.24) is 0 Å². The van der Waals surface area contributed by atoms with Gasteiger partial charge in [0.25, 0.3) is 0 Å². The van der Waals surface area contributed by atoms with E-state index in [9.17, 15) is 18.0 Å². The number of carbonyl (C=O) groups excluding carboxylic acids is 2. The number of esters is 2. The molecule has 4 aliphatic carbocycles. The molecule has 4 fully saturated rings. The van der Waals surface area contributed by atoms with Crippen molar-refractivity contribution >= 4 is 33.5 Å². The van der Waals surface area contributed by atoms with Gasteiger partial charge in [-0.3, -0.25) is 9.59 Å². The van der Waals surface area contributed by atoms with E-state index >= 15 is 0 Å². The van der Waals surface area contributed by atoms with Gasteiger partial charge in [0.2, 0.25) is 0 Å². The second-order valence-corrected chi connectivity index (χ2v) is 15.0. The number of rotatable bonds is 14. The molecule has 40 heavy (non-hydrogen) atoms. The number of benzene rings is 2. The molecule has 0 saturated heterocycles. The molecular weight excluding hydrogens is 544 g/mol. The summed E-state index contributed by atoms with van der Waals surface area (Å²) in [5, 5.41) is 0. The Balaban J connectivity index is 0.000000162. The first-order chi connectivity index (χ1) is 19.3. The highest BCUT2D eigenvalue weighted by Crippen LogP contribution is 2.35. The topological polar surface area (TPSA) is 86.7 Å². The number of ether oxygens (including phenoxy) is 2. The Kier molecular flexibility index (Phi) is 9.89. The normalized spacial score (nSPS) is 18.4. The third-order valence-corrected chi connectivity index (χ3v) is 10.7. The molecule has 0 aliphatic heterocycles. The average molecular weight is 585 g/mol. The molecule has 0 spiro atoms. The first kappa shape index (κ1) is 29.2. The summed E-state index contributed by atoms with van der Waals surface area (Å²) in [6.45, 7) is 1.14. The van der Waals surface area contributed by atoms with Crippen LogP contribution in [0.5, 0.6) is 0 Å². The van der Waals surface area contributed by atoms with Crippen LogP contribution in [0.3, 0.4) is 0 Å². The number of carbonyl (C=O) groups is 2. The molecule has 0 heterocycles. The summed E-state index contributed by atoms with van der Waals surface area (Å²) in [6, 6.07) is 15.0. The van der Waals surface area contributed by atoms with Gasteiger partial charge in [-0.1, -0.05) is 24.3 Å². The minimum Gasteiger partial charge on any atom is -0.465 e. The van der Waals surface area contributed by atoms with Crippen molar-refractivity contribution < 1.29 is 27.5 Å². The summed E-state index contributed by atoms with van der Waals surface area (Å²) < 4.78 is 34.6. The van der Waals surface area contributed by atoms with Crippen LogP contribution < -0.4 is 0 Å². The van der Waals surface area contributed by atoms with Crippen LogP contribution in [0, 0.1) is 23.7 Å². The Labute approximate surface area is 242 Å². The molecule has 4 saturated carbocycles. The number of hydrogen-bond donors (Lipinski definition) is 0. The first-order valence-corrected chi connectivity index (χ1v) is 17.3. The Morgan fingerprint density at radius 2 is 1.10 bits per heavy atom. The van der Waals surface area contributed by atoms with Gasteiger partial charge in [0.15, 0.2) is 9.84 Å². The molecule has 2 aromatic carbocycles. The SMILES string of the molecule is O=C(Cc1ccc(S(=O)(=O)CC2CC2)cc1)OCC1CC1.O=C(Cc1ccc(SCC2CC2)cc1)OCC1CC1. The summed E-state index contributed by atoms with van der Waals surface area (Å²) in [5.41, 5.74) is 1.85. The highest BCUT2D eigenvalue weighted by Gasteiger charge is 2.29. The van der Waals surface area contributed by atoms with Crippen molar-refractivity contribution in [1.29, 1.82) is 0 Å². The summed E-state index contributed by atoms with van der Waals surface area (Å²) in [5.74, 6) is 3.64. The van der Waals surface area contributed by atoms with Crippen LogP contribution in [0.15, 0.2) is 58.3 Å². The van der Waals surface area contributed by atoms with Crippen LogP contribution in [0.25, 0.3) is 0 Å². The van der Waals surface area contributed by atoms with Crippen LogP contribution in [-0.4, -0.2) is 45.1 Å². The maximum Gasteiger partial charge on any atom is 0.310 e. The average Bonchev–Trinajstić information content (AvgIpc) is 3.77. The van der Waals surface area contributed by atoms with Crippen LogP contribution in [0.4, 0.5) is 0 Å². The lowest BCUT2D eigenvalue weighted by atomic mass is 10.1. The van der Waals surface area contributed by atoms with Gasteiger partial charge in [0.1, 0.15) is 0 Å². The van der Waals surface area contributed by atoms with E-state index in [1.54, 1.807) is 24.3 Å². The second-order valence-electron chi connectivity index (χ2n) is 11.9. The zero-order valence-corrected chi connectivity index (χ0v) is 24.7. The Morgan fingerprint density at radius 1 is 0.650 bits per heavy atom. The van der Waals surface area contributed by atoms with E-state index in [1.165, 1.54) is 36.3 Å². The van der Waals surface area contributed by atoms with Gasteiger partial charge >= 0.3 is 11.9 Å². The quantitative estimate of drug-likeness (QED) is 0.197. The molecule has 0 radical (unpaired) electrons. The van der Waals surface area contributed by atoms with E-state index < -0.39 is 9.84 Å². The molecule has 8 heteroatoms. The van der Waals surface area contributed by atoms with Gasteiger partial charge in [-0.15, -0.1) is 11.8 Å². The minimum atomic E-state index is -3.17. The van der Waals surface area contributed by atoms with Crippen LogP contribution in [0.2, 0.25) is 0 Å². The Morgan fingerprint density at radius 3 is 1.55 bits per heavy atom. The fourth-order valence-corrected chi connectivity index (χ4v) is 6.92. The third kappa shape index (κ3) is 10.6. The smallest absolute Gasteiger partial charge is 0.310 e. The van der Waals surface area contributed by atoms with Gasteiger partial charge in [0.05, 0.1) is 36.7 Å². The van der Waals surface area contributed by atoms with E-state index in [-0.39, 0.29) is 24.1 Å². The zero-order chi connectivity index (χ0) is 28.0. The van der Waals surface area contributed by atoms with Gasteiger partial charge in [0, 0.05) is 10.6 Å². The molecule has 0 bridgehead atoms. The molecular formula is C32H40O6S2. The number of sulfone groups is 1. The molecule has 6 rings (SSSR count). The maximum atomic E-state index is 12.1. The van der Waals surface area contributed by atoms with E-state index in [4.69, 9.17) is 9.47 Å². The molecule has 2 aromatic rings. The fraction of sp³-hybridized carbons (Fsp3) is 0.562. The molecule has 0 amide bonds. The number of thioether (sulfide) groups is 1. The zero-order valence-electron chi connectivity index (χ0n) is 23.1. The first-order valence-electron chi connectivity index (χ1n) is 14.7. The summed E-state index contributed by atoms with van der Waals surface area (Å²) >= 11 is 1.92. The third-order valence-electron chi connectivity index (χ3n) is 7.59. The molecule has 0 N–H and O–H groups in total. The lowest BCUT2D eigenvalue weighted by Crippen LogP contribution is -2.11. The summed E-state index contributed by atoms with van der Waals surface area (Å²) in [4.78, 5) is 24.9. The lowest BCUT2D eigenvalue weighted by Gasteiger charge is -2.06. The monoisotopic (exact) mass is 584 g/mol. The highest BCUT2D eigenvalue weighted by atomic mass is 32.2. The largest absolute Gasteiger partial charge is 0.465 e. The molecule has 0 unspecified atom stereocenters. The highest BCUT2D eigenvalue weighted by molar-refractivity contribution is 7.99. The van der Waals surface area contributed by atoms with Crippen molar-refractivity contribution in [3.05, 3.63) is 59.7 Å². The Hall–Kier alpha value is -2.32. The second kappa shape index (κ2) is 13.6. The van der Waals surface area contributed by atoms with E-state index in [0.717, 1.165) is 42.7 Å². The van der Waals surface area contributed by atoms with Gasteiger partial charge in [-0.05, 0) is 110 Å². The van der Waals surface area contributed by atoms with Crippen molar-refractivity contribution in [2.45, 2.75) is 74.0 Å². The van der Waals surface area contributed by atoms with Crippen LogP contribution >= 0.6 is 11.8 Å². The maximum absolute atomic E-state index is 12.1. The van der Waals surface area contributed by atoms with Crippen LogP contribution in [0.1, 0.15) is 62.5 Å². The summed E-state index contributed by atoms with van der Waals surface area (Å²) in [6.07, 6.45) is 10.2. The predicted molar refractivity (Wildman–Crippen MR) is 156 cm³/mol. The van der Waals surface area contributed by atoms with E-state index in [1.807, 2.05) is 23.9 Å². The van der Waals surface area contributed by atoms with Crippen molar-refractivity contribution in [2.75, 3.05) is 24.7 Å².